The third-order valence-electron chi connectivity index (χ3n) is 7.32. The largest absolute Gasteiger partial charge is 0.507 e. The number of carbonyl (C=O) groups is 1. The van der Waals surface area contributed by atoms with Gasteiger partial charge in [-0.25, -0.2) is 0 Å². The van der Waals surface area contributed by atoms with Crippen molar-refractivity contribution >= 4 is 75.3 Å². The van der Waals surface area contributed by atoms with Crippen LogP contribution < -0.4 is 22.4 Å². The third-order valence-corrected chi connectivity index (χ3v) is 9.71. The Morgan fingerprint density at radius 2 is 1.28 bits per heavy atom. The number of amides is 1. The molecule has 4 aromatic carbocycles. The SMILES string of the molecule is Nn1c(SC2Sc3nnc(/C=C/c4c(O)ccc5ccccc45)c(=O)n3NC2=O)nnc(/C=C/c2c(O)ccc3ccccc23)c1=O. The second kappa shape index (κ2) is 12.1. The number of aromatic nitrogens is 6. The standard InChI is InChI=1S/C32H22N8O5S2/c33-39-28(44)23(13-11-21-19-7-3-1-5-17(19)9-15-25(21)41)34-36-31(39)46-30-27(43)38-40-29(45)24(35-37-32(40)47-30)14-12-22-20-8-4-2-6-18(20)10-16-26(22)42/h1-16,30,41-42H,33H2,(H,38,43)/b13-11+,14-12+. The van der Waals surface area contributed by atoms with E-state index >= 15 is 0 Å². The van der Waals surface area contributed by atoms with Gasteiger partial charge in [0.15, 0.2) is 11.4 Å². The number of rotatable bonds is 6. The number of phenolic OH excluding ortho intramolecular Hbond substituents is 2. The molecule has 0 spiro atoms. The normalized spacial score (nSPS) is 14.6. The summed E-state index contributed by atoms with van der Waals surface area (Å²) in [5.74, 6) is 5.54. The Labute approximate surface area is 273 Å². The van der Waals surface area contributed by atoms with E-state index in [-0.39, 0.29) is 33.2 Å². The number of benzene rings is 4. The van der Waals surface area contributed by atoms with Crippen LogP contribution in [0.4, 0.5) is 0 Å². The van der Waals surface area contributed by atoms with Crippen molar-refractivity contribution in [3.8, 4) is 11.5 Å². The molecule has 3 heterocycles. The van der Waals surface area contributed by atoms with Gasteiger partial charge in [0, 0.05) is 11.1 Å². The highest BCUT2D eigenvalue weighted by atomic mass is 32.2. The summed E-state index contributed by atoms with van der Waals surface area (Å²) < 4.78 is 0.825. The number of aromatic hydroxyl groups is 2. The lowest BCUT2D eigenvalue weighted by atomic mass is 10.0. The molecule has 15 heteroatoms. The van der Waals surface area contributed by atoms with Crippen LogP contribution in [0.3, 0.4) is 0 Å². The summed E-state index contributed by atoms with van der Waals surface area (Å²) in [5.41, 5.74) is 2.07. The van der Waals surface area contributed by atoms with Gasteiger partial charge in [0.1, 0.15) is 16.1 Å². The minimum absolute atomic E-state index is 0.0308. The Balaban J connectivity index is 1.11. The molecule has 232 valence electrons. The molecule has 7 rings (SSSR count). The first-order chi connectivity index (χ1) is 22.8. The van der Waals surface area contributed by atoms with Crippen molar-refractivity contribution in [3.05, 3.63) is 116 Å². The molecule has 2 aromatic heterocycles. The van der Waals surface area contributed by atoms with Crippen molar-refractivity contribution < 1.29 is 15.0 Å². The maximum atomic E-state index is 13.2. The zero-order chi connectivity index (χ0) is 32.7. The number of fused-ring (bicyclic) bond motifs is 3. The molecular weight excluding hydrogens is 641 g/mol. The van der Waals surface area contributed by atoms with Gasteiger partial charge in [-0.3, -0.25) is 19.8 Å². The number of carbonyl (C=O) groups excluding carboxylic acids is 1. The number of hydrogen-bond donors (Lipinski definition) is 4. The van der Waals surface area contributed by atoms with Crippen LogP contribution in [0, 0.1) is 0 Å². The van der Waals surface area contributed by atoms with Crippen LogP contribution in [0.15, 0.2) is 92.7 Å². The van der Waals surface area contributed by atoms with E-state index < -0.39 is 21.6 Å². The van der Waals surface area contributed by atoms with Gasteiger partial charge in [-0.1, -0.05) is 84.2 Å². The minimum atomic E-state index is -0.935. The van der Waals surface area contributed by atoms with Gasteiger partial charge in [0.2, 0.25) is 10.3 Å². The molecule has 0 radical (unpaired) electrons. The Morgan fingerprint density at radius 3 is 1.89 bits per heavy atom. The highest BCUT2D eigenvalue weighted by Crippen LogP contribution is 2.35. The fourth-order valence-corrected chi connectivity index (χ4v) is 6.99. The van der Waals surface area contributed by atoms with Crippen LogP contribution in [0.5, 0.6) is 11.5 Å². The van der Waals surface area contributed by atoms with E-state index in [9.17, 15) is 24.6 Å². The molecule has 1 aliphatic rings. The average Bonchev–Trinajstić information content (AvgIpc) is 3.08. The molecule has 1 aliphatic heterocycles. The summed E-state index contributed by atoms with van der Waals surface area (Å²) in [6.07, 6.45) is 5.95. The van der Waals surface area contributed by atoms with Crippen LogP contribution in [0.1, 0.15) is 22.5 Å². The molecule has 13 nitrogen and oxygen atoms in total. The number of phenols is 2. The predicted octanol–water partition coefficient (Wildman–Crippen LogP) is 3.66. The maximum Gasteiger partial charge on any atom is 0.299 e. The van der Waals surface area contributed by atoms with Crippen LogP contribution in [-0.2, 0) is 4.79 Å². The fourth-order valence-electron chi connectivity index (χ4n) is 4.98. The molecule has 1 atom stereocenters. The number of thioether (sulfide) groups is 2. The maximum absolute atomic E-state index is 13.2. The third kappa shape index (κ3) is 5.57. The van der Waals surface area contributed by atoms with Crippen LogP contribution in [0.2, 0.25) is 0 Å². The summed E-state index contributed by atoms with van der Waals surface area (Å²) in [5, 5.41) is 40.4. The molecule has 0 saturated heterocycles. The van der Waals surface area contributed by atoms with E-state index in [1.807, 2.05) is 48.5 Å². The topological polar surface area (TPSA) is 191 Å². The van der Waals surface area contributed by atoms with Crippen LogP contribution in [0.25, 0.3) is 45.8 Å². The first-order valence-electron chi connectivity index (χ1n) is 13.9. The van der Waals surface area contributed by atoms with Crippen molar-refractivity contribution in [1.29, 1.82) is 0 Å². The number of nitrogens with one attached hydrogen (secondary N) is 1. The lowest BCUT2D eigenvalue weighted by Crippen LogP contribution is -2.43. The molecular formula is C32H22N8O5S2. The molecule has 6 aromatic rings. The molecule has 0 aliphatic carbocycles. The molecule has 0 fully saturated rings. The molecule has 1 amide bonds. The summed E-state index contributed by atoms with van der Waals surface area (Å²) in [4.78, 5) is 39.3. The van der Waals surface area contributed by atoms with Crippen molar-refractivity contribution in [3.63, 3.8) is 0 Å². The first kappa shape index (κ1) is 29.8. The summed E-state index contributed by atoms with van der Waals surface area (Å²) in [7, 11) is 0. The Kier molecular flexibility index (Phi) is 7.67. The van der Waals surface area contributed by atoms with Crippen molar-refractivity contribution in [2.45, 2.75) is 14.9 Å². The highest BCUT2D eigenvalue weighted by Gasteiger charge is 2.32. The monoisotopic (exact) mass is 662 g/mol. The molecule has 5 N–H and O–H groups in total. The van der Waals surface area contributed by atoms with E-state index in [0.29, 0.717) is 11.1 Å². The first-order valence-corrected chi connectivity index (χ1v) is 15.7. The predicted molar refractivity (Wildman–Crippen MR) is 182 cm³/mol. The van der Waals surface area contributed by atoms with Gasteiger partial charge in [0.05, 0.1) is 0 Å². The summed E-state index contributed by atoms with van der Waals surface area (Å²) in [6.45, 7) is 0. The van der Waals surface area contributed by atoms with E-state index in [0.717, 1.165) is 54.4 Å². The van der Waals surface area contributed by atoms with Gasteiger partial charge < -0.3 is 16.1 Å². The zero-order valence-corrected chi connectivity index (χ0v) is 25.6. The van der Waals surface area contributed by atoms with Crippen LogP contribution in [-0.4, -0.2) is 50.4 Å². The van der Waals surface area contributed by atoms with Crippen molar-refractivity contribution in [1.82, 2.24) is 29.7 Å². The van der Waals surface area contributed by atoms with Gasteiger partial charge in [-0.05, 0) is 58.0 Å². The van der Waals surface area contributed by atoms with E-state index in [1.54, 1.807) is 36.4 Å². The number of nitrogens with zero attached hydrogens (tertiary/aromatic N) is 6. The smallest absolute Gasteiger partial charge is 0.299 e. The molecule has 1 unspecified atom stereocenters. The van der Waals surface area contributed by atoms with Crippen molar-refractivity contribution in [2.75, 3.05) is 11.3 Å². The molecule has 0 saturated carbocycles. The van der Waals surface area contributed by atoms with E-state index in [1.165, 1.54) is 12.2 Å². The average molecular weight is 663 g/mol. The van der Waals surface area contributed by atoms with Gasteiger partial charge in [-0.15, -0.1) is 20.4 Å². The Morgan fingerprint density at radius 1 is 0.723 bits per heavy atom. The fraction of sp³-hybridized carbons (Fsp3) is 0.0312. The summed E-state index contributed by atoms with van der Waals surface area (Å²) in [6, 6.07) is 21.7. The lowest BCUT2D eigenvalue weighted by Gasteiger charge is -2.23. The van der Waals surface area contributed by atoms with Gasteiger partial charge in [0.25, 0.3) is 17.0 Å². The Bertz CT molecular complexity index is 2420. The Hall–Kier alpha value is -5.93. The van der Waals surface area contributed by atoms with Crippen molar-refractivity contribution in [2.24, 2.45) is 0 Å². The number of nitrogens with two attached hydrogens (primary N) is 1. The quantitative estimate of drug-likeness (QED) is 0.190. The lowest BCUT2D eigenvalue weighted by molar-refractivity contribution is -0.115. The second-order valence-corrected chi connectivity index (χ2v) is 12.6. The summed E-state index contributed by atoms with van der Waals surface area (Å²) >= 11 is 1.78. The van der Waals surface area contributed by atoms with E-state index in [4.69, 9.17) is 5.84 Å². The molecule has 47 heavy (non-hydrogen) atoms. The number of nitrogen functional groups attached to an aromatic ring is 1. The minimum Gasteiger partial charge on any atom is -0.507 e. The highest BCUT2D eigenvalue weighted by molar-refractivity contribution is 8.18. The zero-order valence-electron chi connectivity index (χ0n) is 24.0. The molecule has 0 bridgehead atoms. The number of hydrogen-bond acceptors (Lipinski definition) is 12. The van der Waals surface area contributed by atoms with E-state index in [2.05, 4.69) is 25.8 Å². The van der Waals surface area contributed by atoms with Gasteiger partial charge >= 0.3 is 0 Å². The second-order valence-electron chi connectivity index (χ2n) is 10.2. The van der Waals surface area contributed by atoms with Crippen LogP contribution >= 0.6 is 23.5 Å². The van der Waals surface area contributed by atoms with Gasteiger partial charge in [-0.2, -0.15) is 9.35 Å².